The first-order valence-electron chi connectivity index (χ1n) is 13.9. The second-order valence-electron chi connectivity index (χ2n) is 11.1. The van der Waals surface area contributed by atoms with Gasteiger partial charge < -0.3 is 13.8 Å². The van der Waals surface area contributed by atoms with E-state index in [9.17, 15) is 9.36 Å². The molecule has 9 heteroatoms. The van der Waals surface area contributed by atoms with Crippen LogP contribution in [-0.2, 0) is 28.6 Å². The molecule has 1 saturated carbocycles. The smallest absolute Gasteiger partial charge is 0.372 e. The van der Waals surface area contributed by atoms with Crippen LogP contribution >= 0.6 is 19.2 Å². The number of hydrogen-bond donors (Lipinski definition) is 0. The highest BCUT2D eigenvalue weighted by Gasteiger charge is 2.67. The van der Waals surface area contributed by atoms with E-state index < -0.39 is 30.9 Å². The Labute approximate surface area is 237 Å². The van der Waals surface area contributed by atoms with Crippen molar-refractivity contribution in [2.75, 3.05) is 19.8 Å². The standard InChI is InChI=1S/C30H40ClN2O5P/c1-6-36-39(35,37-7-2)30(26(20-32-33-30)22-14-16-24(31)17-15-22)28(34)38-27-19-21(3)13-18-25(27)29(4,5)23-11-9-8-10-12-23/h8-12,14-17,21,25-27H,6-7,13,18-20H2,1-5H3/t21?,25?,26-,27?,30+/m0/s1. The van der Waals surface area contributed by atoms with E-state index in [0.717, 1.165) is 18.4 Å². The van der Waals surface area contributed by atoms with E-state index in [2.05, 4.69) is 43.1 Å². The largest absolute Gasteiger partial charge is 0.460 e. The molecule has 39 heavy (non-hydrogen) atoms. The van der Waals surface area contributed by atoms with Gasteiger partial charge in [-0.3, -0.25) is 4.57 Å². The molecule has 1 heterocycles. The van der Waals surface area contributed by atoms with Crippen molar-refractivity contribution in [3.63, 3.8) is 0 Å². The summed E-state index contributed by atoms with van der Waals surface area (Å²) in [6, 6.07) is 17.4. The summed E-state index contributed by atoms with van der Waals surface area (Å²) in [5.74, 6) is -0.956. The van der Waals surface area contributed by atoms with Crippen molar-refractivity contribution in [1.82, 2.24) is 0 Å². The van der Waals surface area contributed by atoms with Crippen molar-refractivity contribution in [2.24, 2.45) is 22.1 Å². The number of carbonyl (C=O) groups excluding carboxylic acids is 1. The average Bonchev–Trinajstić information content (AvgIpc) is 3.37. The lowest BCUT2D eigenvalue weighted by Gasteiger charge is -2.45. The molecule has 1 aliphatic carbocycles. The van der Waals surface area contributed by atoms with Crippen molar-refractivity contribution in [3.05, 3.63) is 70.7 Å². The second kappa shape index (κ2) is 12.2. The quantitative estimate of drug-likeness (QED) is 0.211. The molecule has 1 aliphatic heterocycles. The van der Waals surface area contributed by atoms with Crippen LogP contribution in [0.2, 0.25) is 5.02 Å². The first-order chi connectivity index (χ1) is 18.6. The minimum atomic E-state index is -4.16. The molecule has 4 rings (SSSR count). The van der Waals surface area contributed by atoms with Gasteiger partial charge in [-0.1, -0.05) is 81.3 Å². The summed E-state index contributed by atoms with van der Waals surface area (Å²) in [5.41, 5.74) is 1.66. The Balaban J connectivity index is 1.76. The third kappa shape index (κ3) is 5.74. The van der Waals surface area contributed by atoms with Crippen molar-refractivity contribution < 1.29 is 23.1 Å². The van der Waals surface area contributed by atoms with Crippen molar-refractivity contribution in [1.29, 1.82) is 0 Å². The summed E-state index contributed by atoms with van der Waals surface area (Å²) < 4.78 is 32.5. The molecular weight excluding hydrogens is 535 g/mol. The number of esters is 1. The molecule has 212 valence electrons. The maximum absolute atomic E-state index is 14.5. The molecule has 0 N–H and O–H groups in total. The lowest BCUT2D eigenvalue weighted by molar-refractivity contribution is -0.161. The van der Waals surface area contributed by atoms with Gasteiger partial charge in [0.1, 0.15) is 6.10 Å². The zero-order valence-corrected chi connectivity index (χ0v) is 25.2. The topological polar surface area (TPSA) is 86.5 Å². The zero-order chi connectivity index (χ0) is 28.3. The SMILES string of the molecule is CCOP(=O)(OCC)[C@]1(C(=O)OC2CC(C)CCC2C(C)(C)c2ccccc2)N=NC[C@H]1c1ccc(Cl)cc1. The van der Waals surface area contributed by atoms with E-state index in [0.29, 0.717) is 17.4 Å². The van der Waals surface area contributed by atoms with E-state index in [-0.39, 0.29) is 31.1 Å². The van der Waals surface area contributed by atoms with Crippen LogP contribution < -0.4 is 0 Å². The van der Waals surface area contributed by atoms with Gasteiger partial charge in [-0.15, -0.1) is 0 Å². The lowest BCUT2D eigenvalue weighted by Crippen LogP contribution is -2.49. The minimum Gasteiger partial charge on any atom is -0.460 e. The van der Waals surface area contributed by atoms with E-state index >= 15 is 0 Å². The highest BCUT2D eigenvalue weighted by molar-refractivity contribution is 7.56. The number of azo groups is 1. The maximum Gasteiger partial charge on any atom is 0.372 e. The third-order valence-corrected chi connectivity index (χ3v) is 11.2. The second-order valence-corrected chi connectivity index (χ2v) is 13.8. The summed E-state index contributed by atoms with van der Waals surface area (Å²) in [6.45, 7) is 10.3. The number of carbonyl (C=O) groups is 1. The first-order valence-corrected chi connectivity index (χ1v) is 15.8. The van der Waals surface area contributed by atoms with Gasteiger partial charge in [-0.25, -0.2) is 4.79 Å². The summed E-state index contributed by atoms with van der Waals surface area (Å²) in [7, 11) is -4.16. The van der Waals surface area contributed by atoms with Crippen LogP contribution in [-0.4, -0.2) is 37.1 Å². The molecule has 7 nitrogen and oxygen atoms in total. The van der Waals surface area contributed by atoms with E-state index in [1.165, 1.54) is 5.56 Å². The van der Waals surface area contributed by atoms with Crippen LogP contribution in [0.15, 0.2) is 64.8 Å². The summed E-state index contributed by atoms with van der Waals surface area (Å²) in [4.78, 5) is 14.5. The van der Waals surface area contributed by atoms with Crippen molar-refractivity contribution in [3.8, 4) is 0 Å². The van der Waals surface area contributed by atoms with Crippen LogP contribution in [0.1, 0.15) is 70.9 Å². The molecule has 0 bridgehead atoms. The minimum absolute atomic E-state index is 0.0583. The van der Waals surface area contributed by atoms with E-state index in [4.69, 9.17) is 25.4 Å². The Hall–Kier alpha value is -2.05. The normalized spacial score (nSPS) is 27.4. The Morgan fingerprint density at radius 2 is 1.69 bits per heavy atom. The van der Waals surface area contributed by atoms with Crippen LogP contribution in [0.3, 0.4) is 0 Å². The Bertz CT molecular complexity index is 1200. The fourth-order valence-corrected chi connectivity index (χ4v) is 8.50. The maximum atomic E-state index is 14.5. The summed E-state index contributed by atoms with van der Waals surface area (Å²) in [6.07, 6.45) is 2.26. The van der Waals surface area contributed by atoms with Crippen LogP contribution in [0.5, 0.6) is 0 Å². The number of rotatable bonds is 10. The molecule has 5 atom stereocenters. The van der Waals surface area contributed by atoms with Crippen LogP contribution in [0.4, 0.5) is 0 Å². The monoisotopic (exact) mass is 574 g/mol. The molecule has 0 aromatic heterocycles. The van der Waals surface area contributed by atoms with E-state index in [1.54, 1.807) is 38.1 Å². The summed E-state index contributed by atoms with van der Waals surface area (Å²) in [5, 5.41) is 7.25. The number of halogens is 1. The summed E-state index contributed by atoms with van der Waals surface area (Å²) >= 11 is 6.15. The van der Waals surface area contributed by atoms with Gasteiger partial charge in [0.15, 0.2) is 0 Å². The Kier molecular flexibility index (Phi) is 9.37. The van der Waals surface area contributed by atoms with Gasteiger partial charge in [-0.05, 0) is 61.3 Å². The highest BCUT2D eigenvalue weighted by Crippen LogP contribution is 2.68. The molecule has 0 spiro atoms. The predicted molar refractivity (Wildman–Crippen MR) is 153 cm³/mol. The first kappa shape index (κ1) is 29.9. The molecule has 2 aliphatic rings. The molecule has 1 fully saturated rings. The van der Waals surface area contributed by atoms with Crippen LogP contribution in [0.25, 0.3) is 0 Å². The zero-order valence-electron chi connectivity index (χ0n) is 23.5. The molecule has 0 radical (unpaired) electrons. The van der Waals surface area contributed by atoms with Crippen molar-refractivity contribution in [2.45, 2.75) is 76.6 Å². The number of hydrogen-bond acceptors (Lipinski definition) is 7. The fraction of sp³-hybridized carbons (Fsp3) is 0.567. The van der Waals surface area contributed by atoms with Gasteiger partial charge in [0.2, 0.25) is 0 Å². The van der Waals surface area contributed by atoms with Gasteiger partial charge in [0.25, 0.3) is 5.28 Å². The highest BCUT2D eigenvalue weighted by atomic mass is 35.5. The predicted octanol–water partition coefficient (Wildman–Crippen LogP) is 8.18. The Morgan fingerprint density at radius 1 is 1.05 bits per heavy atom. The van der Waals surface area contributed by atoms with Gasteiger partial charge in [0, 0.05) is 10.9 Å². The molecule has 0 amide bonds. The molecule has 2 aromatic carbocycles. The average molecular weight is 575 g/mol. The molecular formula is C30H40ClN2O5P. The number of nitrogens with zero attached hydrogens (tertiary/aromatic N) is 2. The Morgan fingerprint density at radius 3 is 2.31 bits per heavy atom. The molecule has 2 aromatic rings. The number of ether oxygens (including phenoxy) is 1. The van der Waals surface area contributed by atoms with Gasteiger partial charge in [-0.2, -0.15) is 10.2 Å². The number of benzene rings is 2. The lowest BCUT2D eigenvalue weighted by atomic mass is 9.64. The van der Waals surface area contributed by atoms with Crippen molar-refractivity contribution >= 4 is 25.2 Å². The molecule has 0 saturated heterocycles. The van der Waals surface area contributed by atoms with E-state index in [1.807, 2.05) is 18.2 Å². The van der Waals surface area contributed by atoms with Gasteiger partial charge >= 0.3 is 13.6 Å². The van der Waals surface area contributed by atoms with Crippen LogP contribution in [0, 0.1) is 11.8 Å². The van der Waals surface area contributed by atoms with Gasteiger partial charge in [0.05, 0.1) is 25.7 Å². The fourth-order valence-electron chi connectivity index (χ4n) is 6.17. The molecule has 3 unspecified atom stereocenters. The third-order valence-electron chi connectivity index (χ3n) is 8.32.